The van der Waals surface area contributed by atoms with Gasteiger partial charge in [-0.25, -0.2) is 17.9 Å². The summed E-state index contributed by atoms with van der Waals surface area (Å²) in [5.41, 5.74) is 2.90. The van der Waals surface area contributed by atoms with E-state index in [4.69, 9.17) is 9.26 Å². The SMILES string of the molecule is COc1c(-c2cc3c(s2)CCCC3NS(=O)(=O)c2ccc(-c3ccon3)s2)c(C2CC2)cc2c(=O)c(C(=O)O)c[nH]c12. The van der Waals surface area contributed by atoms with E-state index in [0.717, 1.165) is 63.5 Å². The minimum absolute atomic E-state index is 0.208. The number of hydrogen-bond donors (Lipinski definition) is 3. The molecule has 4 aromatic heterocycles. The van der Waals surface area contributed by atoms with Crippen molar-refractivity contribution in [3.05, 3.63) is 74.6 Å². The second kappa shape index (κ2) is 10.2. The normalized spacial score (nSPS) is 16.9. The summed E-state index contributed by atoms with van der Waals surface area (Å²) >= 11 is 2.75. The van der Waals surface area contributed by atoms with E-state index in [1.54, 1.807) is 35.6 Å². The number of carboxylic acids is 1. The fourth-order valence-electron chi connectivity index (χ4n) is 5.68. The Hall–Kier alpha value is -3.78. The van der Waals surface area contributed by atoms with Crippen LogP contribution in [0.15, 0.2) is 56.3 Å². The Balaban J connectivity index is 1.29. The molecule has 1 atom stereocenters. The van der Waals surface area contributed by atoms with Crippen molar-refractivity contribution in [1.82, 2.24) is 14.9 Å². The number of aromatic carboxylic acids is 1. The zero-order valence-electron chi connectivity index (χ0n) is 22.3. The van der Waals surface area contributed by atoms with Crippen molar-refractivity contribution < 1.29 is 27.6 Å². The third kappa shape index (κ3) is 4.56. The highest BCUT2D eigenvalue weighted by atomic mass is 32.2. The zero-order chi connectivity index (χ0) is 29.2. The van der Waals surface area contributed by atoms with Crippen molar-refractivity contribution in [3.8, 4) is 26.8 Å². The standard InChI is InChI=1S/C29H25N3O7S3/c1-38-28-25(15(14-5-6-14)11-17-26(28)30-13-18(27(17)33)29(34)35)23-12-16-19(3-2-4-21(16)40-23)32-42(36,37)24-8-7-22(41-24)20-9-10-39-31-20/h7-14,19,32H,2-6H2,1H3,(H,30,33)(H,34,35). The molecule has 13 heteroatoms. The molecular weight excluding hydrogens is 599 g/mol. The van der Waals surface area contributed by atoms with Gasteiger partial charge in [-0.1, -0.05) is 5.16 Å². The number of aryl methyl sites for hydroxylation is 1. The van der Waals surface area contributed by atoms with Crippen LogP contribution in [-0.2, 0) is 16.4 Å². The number of methoxy groups -OCH3 is 1. The largest absolute Gasteiger partial charge is 0.494 e. The molecule has 0 bridgehead atoms. The van der Waals surface area contributed by atoms with Crippen LogP contribution in [-0.4, -0.2) is 36.7 Å². The Labute approximate surface area is 248 Å². The van der Waals surface area contributed by atoms with Crippen molar-refractivity contribution >= 4 is 49.6 Å². The number of hydrogen-bond acceptors (Lipinski definition) is 9. The van der Waals surface area contributed by atoms with Crippen LogP contribution in [0.5, 0.6) is 5.75 Å². The molecule has 2 aliphatic rings. The van der Waals surface area contributed by atoms with Gasteiger partial charge in [-0.3, -0.25) is 4.79 Å². The number of nitrogens with one attached hydrogen (secondary N) is 2. The molecule has 0 amide bonds. The van der Waals surface area contributed by atoms with Crippen LogP contribution >= 0.6 is 22.7 Å². The Morgan fingerprint density at radius 2 is 1.98 bits per heavy atom. The van der Waals surface area contributed by atoms with Crippen LogP contribution in [0.4, 0.5) is 0 Å². The van der Waals surface area contributed by atoms with E-state index in [1.807, 2.05) is 6.07 Å². The lowest BCUT2D eigenvalue weighted by Gasteiger charge is -2.23. The van der Waals surface area contributed by atoms with E-state index in [-0.39, 0.29) is 21.1 Å². The minimum atomic E-state index is -3.79. The highest BCUT2D eigenvalue weighted by Crippen LogP contribution is 2.52. The molecule has 7 rings (SSSR count). The minimum Gasteiger partial charge on any atom is -0.494 e. The number of ether oxygens (including phenoxy) is 1. The number of carboxylic acid groups (broad SMARTS) is 1. The number of thiophene rings is 2. The molecule has 1 fully saturated rings. The number of nitrogens with zero attached hydrogens (tertiary/aromatic N) is 1. The first-order valence-electron chi connectivity index (χ1n) is 13.4. The topological polar surface area (TPSA) is 152 Å². The number of aromatic amines is 1. The summed E-state index contributed by atoms with van der Waals surface area (Å²) < 4.78 is 40.8. The van der Waals surface area contributed by atoms with E-state index >= 15 is 0 Å². The monoisotopic (exact) mass is 623 g/mol. The van der Waals surface area contributed by atoms with E-state index in [2.05, 4.69) is 14.9 Å². The zero-order valence-corrected chi connectivity index (χ0v) is 24.7. The summed E-state index contributed by atoms with van der Waals surface area (Å²) in [6.45, 7) is 0. The average molecular weight is 624 g/mol. The molecule has 4 heterocycles. The van der Waals surface area contributed by atoms with Gasteiger partial charge >= 0.3 is 5.97 Å². The van der Waals surface area contributed by atoms with E-state index in [9.17, 15) is 23.1 Å². The molecular formula is C29H25N3O7S3. The van der Waals surface area contributed by atoms with E-state index < -0.39 is 27.5 Å². The summed E-state index contributed by atoms with van der Waals surface area (Å²) in [5.74, 6) is -0.569. The molecule has 0 aliphatic heterocycles. The van der Waals surface area contributed by atoms with Gasteiger partial charge in [0, 0.05) is 33.6 Å². The summed E-state index contributed by atoms with van der Waals surface area (Å²) in [6, 6.07) is 8.45. The van der Waals surface area contributed by atoms with Crippen LogP contribution in [0, 0.1) is 0 Å². The predicted octanol–water partition coefficient (Wildman–Crippen LogP) is 5.91. The number of carbonyl (C=O) groups is 1. The number of sulfonamides is 1. The predicted molar refractivity (Wildman–Crippen MR) is 159 cm³/mol. The second-order valence-electron chi connectivity index (χ2n) is 10.5. The maximum absolute atomic E-state index is 13.4. The Morgan fingerprint density at radius 1 is 1.14 bits per heavy atom. The van der Waals surface area contributed by atoms with Gasteiger partial charge in [-0.05, 0) is 73.4 Å². The van der Waals surface area contributed by atoms with Crippen LogP contribution in [0.25, 0.3) is 31.9 Å². The summed E-state index contributed by atoms with van der Waals surface area (Å²) in [7, 11) is -2.26. The number of benzene rings is 1. The van der Waals surface area contributed by atoms with Gasteiger partial charge in [0.2, 0.25) is 5.43 Å². The number of rotatable bonds is 8. The van der Waals surface area contributed by atoms with Crippen molar-refractivity contribution in [3.63, 3.8) is 0 Å². The first-order chi connectivity index (χ1) is 20.2. The fourth-order valence-corrected chi connectivity index (χ4v) is 9.54. The van der Waals surface area contributed by atoms with Crippen LogP contribution < -0.4 is 14.9 Å². The molecule has 1 saturated carbocycles. The number of H-pyrrole nitrogens is 1. The molecule has 1 unspecified atom stereocenters. The molecule has 0 radical (unpaired) electrons. The summed E-state index contributed by atoms with van der Waals surface area (Å²) in [5, 5.41) is 13.7. The highest BCUT2D eigenvalue weighted by Gasteiger charge is 2.34. The maximum Gasteiger partial charge on any atom is 0.341 e. The van der Waals surface area contributed by atoms with E-state index in [1.165, 1.54) is 19.6 Å². The van der Waals surface area contributed by atoms with Gasteiger partial charge in [0.05, 0.1) is 22.9 Å². The number of aromatic nitrogens is 2. The molecule has 1 aromatic carbocycles. The lowest BCUT2D eigenvalue weighted by atomic mass is 9.92. The number of fused-ring (bicyclic) bond motifs is 2. The fraction of sp³-hybridized carbons (Fsp3) is 0.276. The molecule has 3 N–H and O–H groups in total. The lowest BCUT2D eigenvalue weighted by Crippen LogP contribution is -2.30. The van der Waals surface area contributed by atoms with Crippen molar-refractivity contribution in [1.29, 1.82) is 0 Å². The first kappa shape index (κ1) is 27.1. The molecule has 42 heavy (non-hydrogen) atoms. The molecule has 216 valence electrons. The quantitative estimate of drug-likeness (QED) is 0.193. The molecule has 5 aromatic rings. The third-order valence-corrected chi connectivity index (χ3v) is 12.1. The number of pyridine rings is 1. The summed E-state index contributed by atoms with van der Waals surface area (Å²) in [6.07, 6.45) is 6.92. The molecule has 0 spiro atoms. The Morgan fingerprint density at radius 3 is 2.69 bits per heavy atom. The van der Waals surface area contributed by atoms with Gasteiger partial charge in [0.1, 0.15) is 21.7 Å². The third-order valence-electron chi connectivity index (χ3n) is 7.81. The van der Waals surface area contributed by atoms with Crippen molar-refractivity contribution in [2.24, 2.45) is 0 Å². The van der Waals surface area contributed by atoms with Gasteiger partial charge in [-0.15, -0.1) is 22.7 Å². The van der Waals surface area contributed by atoms with Crippen LogP contribution in [0.1, 0.15) is 64.0 Å². The second-order valence-corrected chi connectivity index (χ2v) is 14.6. The molecule has 2 aliphatic carbocycles. The van der Waals surface area contributed by atoms with E-state index in [0.29, 0.717) is 28.3 Å². The van der Waals surface area contributed by atoms with Gasteiger partial charge in [0.15, 0.2) is 5.75 Å². The van der Waals surface area contributed by atoms with Gasteiger partial charge in [0.25, 0.3) is 10.0 Å². The van der Waals surface area contributed by atoms with Crippen molar-refractivity contribution in [2.75, 3.05) is 7.11 Å². The first-order valence-corrected chi connectivity index (χ1v) is 16.5. The lowest BCUT2D eigenvalue weighted by molar-refractivity contribution is 0.0695. The smallest absolute Gasteiger partial charge is 0.341 e. The van der Waals surface area contributed by atoms with Crippen LogP contribution in [0.3, 0.4) is 0 Å². The van der Waals surface area contributed by atoms with Gasteiger partial charge < -0.3 is 19.4 Å². The Kier molecular flexibility index (Phi) is 6.57. The summed E-state index contributed by atoms with van der Waals surface area (Å²) in [4.78, 5) is 30.4. The molecule has 0 saturated heterocycles. The highest BCUT2D eigenvalue weighted by molar-refractivity contribution is 7.91. The average Bonchev–Trinajstić information content (AvgIpc) is 3.34. The van der Waals surface area contributed by atoms with Gasteiger partial charge in [-0.2, -0.15) is 0 Å². The Bertz CT molecular complexity index is 2020. The maximum atomic E-state index is 13.4. The molecule has 10 nitrogen and oxygen atoms in total. The van der Waals surface area contributed by atoms with Crippen molar-refractivity contribution in [2.45, 2.75) is 48.3 Å². The van der Waals surface area contributed by atoms with Crippen LogP contribution in [0.2, 0.25) is 0 Å².